The highest BCUT2D eigenvalue weighted by molar-refractivity contribution is 7.89. The SMILES string of the molecule is CN(C)C1CCN(c2ccc(S(=O)(=O)N3CC(=O)N(c4cc(-c5ccccc5)sc4C(=O)O)C(C4CCCCC4)C3)cn2)C1. The standard InChI is InChI=1S/C32H39N5O5S2/c1-34(2)24-15-16-35(19-24)29-14-13-25(18-33-29)44(41,42)36-20-27(22-9-5-3-6-10-22)37(30(38)21-36)26-17-28(43-31(26)32(39)40)23-11-7-4-8-12-23/h4,7-8,11-14,17-18,22,24,27H,3,5-6,9-10,15-16,19-21H2,1-2H3,(H,39,40). The first-order valence-electron chi connectivity index (χ1n) is 15.3. The molecule has 6 rings (SSSR count). The number of sulfonamides is 1. The third kappa shape index (κ3) is 6.00. The molecule has 2 aromatic heterocycles. The van der Waals surface area contributed by atoms with Gasteiger partial charge in [0.15, 0.2) is 0 Å². The van der Waals surface area contributed by atoms with Gasteiger partial charge in [-0.05, 0) is 63.0 Å². The number of hydrogen-bond acceptors (Lipinski definition) is 8. The van der Waals surface area contributed by atoms with Gasteiger partial charge in [0, 0.05) is 36.8 Å². The zero-order valence-electron chi connectivity index (χ0n) is 25.1. The fraction of sp³-hybridized carbons (Fsp3) is 0.469. The van der Waals surface area contributed by atoms with Crippen LogP contribution in [-0.4, -0.2) is 91.9 Å². The predicted octanol–water partition coefficient (Wildman–Crippen LogP) is 4.64. The second kappa shape index (κ2) is 12.6. The topological polar surface area (TPSA) is 114 Å². The van der Waals surface area contributed by atoms with Gasteiger partial charge in [0.25, 0.3) is 0 Å². The lowest BCUT2D eigenvalue weighted by Crippen LogP contribution is -2.60. The molecule has 3 fully saturated rings. The number of pyridine rings is 1. The van der Waals surface area contributed by atoms with Crippen molar-refractivity contribution in [1.82, 2.24) is 14.2 Å². The van der Waals surface area contributed by atoms with Crippen molar-refractivity contribution in [2.45, 2.75) is 55.5 Å². The van der Waals surface area contributed by atoms with Gasteiger partial charge < -0.3 is 19.8 Å². The molecule has 2 atom stereocenters. The smallest absolute Gasteiger partial charge is 0.348 e. The Labute approximate surface area is 263 Å². The van der Waals surface area contributed by atoms with E-state index in [-0.39, 0.29) is 28.8 Å². The van der Waals surface area contributed by atoms with Crippen molar-refractivity contribution >= 4 is 44.7 Å². The first-order valence-corrected chi connectivity index (χ1v) is 17.5. The van der Waals surface area contributed by atoms with Crippen molar-refractivity contribution < 1.29 is 23.1 Å². The number of anilines is 2. The molecule has 1 saturated carbocycles. The Bertz CT molecular complexity index is 1600. The molecule has 1 aromatic carbocycles. The highest BCUT2D eigenvalue weighted by Crippen LogP contribution is 2.42. The van der Waals surface area contributed by atoms with Gasteiger partial charge in [-0.1, -0.05) is 49.6 Å². The zero-order valence-corrected chi connectivity index (χ0v) is 26.8. The van der Waals surface area contributed by atoms with Gasteiger partial charge >= 0.3 is 5.97 Å². The first-order chi connectivity index (χ1) is 21.1. The summed E-state index contributed by atoms with van der Waals surface area (Å²) in [6, 6.07) is 14.6. The van der Waals surface area contributed by atoms with Crippen LogP contribution in [0.2, 0.25) is 0 Å². The summed E-state index contributed by atoms with van der Waals surface area (Å²) in [6.07, 6.45) is 7.23. The Balaban J connectivity index is 1.30. The first kappa shape index (κ1) is 30.7. The minimum Gasteiger partial charge on any atom is -0.477 e. The quantitative estimate of drug-likeness (QED) is 0.380. The normalized spacial score (nSPS) is 22.2. The maximum absolute atomic E-state index is 14.0. The van der Waals surface area contributed by atoms with Gasteiger partial charge in [0.1, 0.15) is 15.6 Å². The van der Waals surface area contributed by atoms with Crippen molar-refractivity contribution in [1.29, 1.82) is 0 Å². The highest BCUT2D eigenvalue weighted by atomic mass is 32.2. The number of piperazine rings is 1. The van der Waals surface area contributed by atoms with Gasteiger partial charge in [-0.2, -0.15) is 4.31 Å². The molecule has 0 spiro atoms. The molecule has 234 valence electrons. The second-order valence-corrected chi connectivity index (χ2v) is 15.2. The summed E-state index contributed by atoms with van der Waals surface area (Å²) in [5, 5.41) is 10.2. The van der Waals surface area contributed by atoms with Crippen LogP contribution in [0.1, 0.15) is 48.2 Å². The van der Waals surface area contributed by atoms with Crippen LogP contribution in [0.5, 0.6) is 0 Å². The van der Waals surface area contributed by atoms with Crippen molar-refractivity contribution in [2.75, 3.05) is 50.1 Å². The number of likely N-dealkylation sites (N-methyl/N-ethyl adjacent to an activating group) is 1. The van der Waals surface area contributed by atoms with E-state index in [1.807, 2.05) is 30.3 Å². The molecule has 0 radical (unpaired) electrons. The van der Waals surface area contributed by atoms with Crippen LogP contribution in [0.15, 0.2) is 59.6 Å². The lowest BCUT2D eigenvalue weighted by atomic mass is 9.82. The van der Waals surface area contributed by atoms with Crippen LogP contribution in [0, 0.1) is 5.92 Å². The zero-order chi connectivity index (χ0) is 31.0. The molecule has 44 heavy (non-hydrogen) atoms. The average molecular weight is 638 g/mol. The van der Waals surface area contributed by atoms with Crippen molar-refractivity contribution in [3.63, 3.8) is 0 Å². The maximum Gasteiger partial charge on any atom is 0.348 e. The van der Waals surface area contributed by atoms with E-state index in [9.17, 15) is 23.1 Å². The second-order valence-electron chi connectivity index (χ2n) is 12.2. The Morgan fingerprint density at radius 2 is 1.77 bits per heavy atom. The molecule has 1 amide bonds. The summed E-state index contributed by atoms with van der Waals surface area (Å²) in [7, 11) is 0.0970. The summed E-state index contributed by atoms with van der Waals surface area (Å²) in [5.41, 5.74) is 1.22. The van der Waals surface area contributed by atoms with Crippen molar-refractivity contribution in [3.8, 4) is 10.4 Å². The molecule has 2 aliphatic heterocycles. The van der Waals surface area contributed by atoms with E-state index in [0.717, 1.165) is 79.2 Å². The maximum atomic E-state index is 14.0. The van der Waals surface area contributed by atoms with E-state index in [2.05, 4.69) is 28.9 Å². The van der Waals surface area contributed by atoms with Crippen LogP contribution in [0.4, 0.5) is 11.5 Å². The number of aromatic nitrogens is 1. The molecule has 3 aromatic rings. The summed E-state index contributed by atoms with van der Waals surface area (Å²) in [5.74, 6) is -0.708. The fourth-order valence-corrected chi connectivity index (χ4v) is 9.18. The number of carboxylic acids is 1. The van der Waals surface area contributed by atoms with E-state index in [4.69, 9.17) is 0 Å². The van der Waals surface area contributed by atoms with Crippen molar-refractivity contribution in [3.05, 3.63) is 59.6 Å². The Morgan fingerprint density at radius 3 is 2.41 bits per heavy atom. The molecule has 0 bridgehead atoms. The van der Waals surface area contributed by atoms with Crippen molar-refractivity contribution in [2.24, 2.45) is 5.92 Å². The minimum absolute atomic E-state index is 0.0568. The number of hydrogen-bond donors (Lipinski definition) is 1. The molecule has 1 N–H and O–H groups in total. The monoisotopic (exact) mass is 637 g/mol. The number of carbonyl (C=O) groups is 2. The summed E-state index contributed by atoms with van der Waals surface area (Å²) < 4.78 is 29.2. The number of nitrogens with zero attached hydrogens (tertiary/aromatic N) is 5. The number of thiophene rings is 1. The minimum atomic E-state index is -4.02. The lowest BCUT2D eigenvalue weighted by molar-refractivity contribution is -0.121. The molecular weight excluding hydrogens is 599 g/mol. The van der Waals surface area contributed by atoms with Gasteiger partial charge in [0.05, 0.1) is 18.3 Å². The number of rotatable bonds is 8. The summed E-state index contributed by atoms with van der Waals surface area (Å²) in [4.78, 5) is 37.8. The molecule has 3 aliphatic rings. The number of benzene rings is 1. The fourth-order valence-electron chi connectivity index (χ4n) is 6.83. The van der Waals surface area contributed by atoms with Crippen LogP contribution < -0.4 is 9.80 Å². The number of carboxylic acid groups (broad SMARTS) is 1. The molecule has 1 aliphatic carbocycles. The number of aromatic carboxylic acids is 1. The van der Waals surface area contributed by atoms with Crippen LogP contribution in [-0.2, 0) is 14.8 Å². The van der Waals surface area contributed by atoms with Gasteiger partial charge in [-0.15, -0.1) is 11.3 Å². The third-order valence-electron chi connectivity index (χ3n) is 9.30. The van der Waals surface area contributed by atoms with Crippen LogP contribution in [0.25, 0.3) is 10.4 Å². The predicted molar refractivity (Wildman–Crippen MR) is 172 cm³/mol. The molecule has 10 nitrogen and oxygen atoms in total. The van der Waals surface area contributed by atoms with Crippen LogP contribution in [0.3, 0.4) is 0 Å². The summed E-state index contributed by atoms with van der Waals surface area (Å²) >= 11 is 1.14. The largest absolute Gasteiger partial charge is 0.477 e. The third-order valence-corrected chi connectivity index (χ3v) is 12.3. The van der Waals surface area contributed by atoms with E-state index in [1.165, 1.54) is 10.5 Å². The Kier molecular flexibility index (Phi) is 8.78. The van der Waals surface area contributed by atoms with Gasteiger partial charge in [0.2, 0.25) is 15.9 Å². The van der Waals surface area contributed by atoms with Gasteiger partial charge in [-0.25, -0.2) is 18.2 Å². The number of carbonyl (C=O) groups excluding carboxylic acids is 1. The van der Waals surface area contributed by atoms with Crippen LogP contribution >= 0.6 is 11.3 Å². The highest BCUT2D eigenvalue weighted by Gasteiger charge is 2.44. The average Bonchev–Trinajstić information content (AvgIpc) is 3.71. The van der Waals surface area contributed by atoms with E-state index < -0.39 is 27.9 Å². The van der Waals surface area contributed by atoms with E-state index in [1.54, 1.807) is 23.1 Å². The van der Waals surface area contributed by atoms with Gasteiger partial charge in [-0.3, -0.25) is 4.79 Å². The van der Waals surface area contributed by atoms with E-state index in [0.29, 0.717) is 11.7 Å². The molecule has 12 heteroatoms. The molecule has 2 saturated heterocycles. The number of amides is 1. The molecule has 4 heterocycles. The molecule has 2 unspecified atom stereocenters. The Hall–Kier alpha value is -3.32. The molecular formula is C32H39N5O5S2. The lowest BCUT2D eigenvalue weighted by Gasteiger charge is -2.44. The Morgan fingerprint density at radius 1 is 1.02 bits per heavy atom. The summed E-state index contributed by atoms with van der Waals surface area (Å²) in [6.45, 7) is 1.43. The van der Waals surface area contributed by atoms with E-state index >= 15 is 0 Å².